The van der Waals surface area contributed by atoms with Gasteiger partial charge < -0.3 is 5.11 Å². The molecule has 2 N–H and O–H groups in total. The lowest BCUT2D eigenvalue weighted by molar-refractivity contribution is -0.130. The number of benzene rings is 1. The summed E-state index contributed by atoms with van der Waals surface area (Å²) in [5.41, 5.74) is 2.64. The first-order valence-corrected chi connectivity index (χ1v) is 7.71. The Kier molecular flexibility index (Phi) is 3.62. The lowest BCUT2D eigenvalue weighted by Crippen LogP contribution is -2.48. The molecule has 3 rings (SSSR count). The van der Waals surface area contributed by atoms with Gasteiger partial charge in [-0.15, -0.1) is 0 Å². The fourth-order valence-corrected chi connectivity index (χ4v) is 3.84. The van der Waals surface area contributed by atoms with Crippen LogP contribution in [-0.2, 0) is 11.2 Å². The molecule has 0 fully saturated rings. The smallest absolute Gasteiger partial charge is 0.136 e. The van der Waals surface area contributed by atoms with E-state index in [1.807, 2.05) is 31.2 Å². The van der Waals surface area contributed by atoms with Crippen LogP contribution in [0.1, 0.15) is 42.3 Å². The molecule has 0 amide bonds. The van der Waals surface area contributed by atoms with Crippen LogP contribution >= 0.6 is 11.6 Å². The molecular formula is C17H19ClN2O2. The Morgan fingerprint density at radius 1 is 1.41 bits per heavy atom. The van der Waals surface area contributed by atoms with Crippen molar-refractivity contribution in [2.24, 2.45) is 5.92 Å². The topological polar surface area (TPSA) is 66.0 Å². The number of aromatic amines is 1. The normalized spacial score (nSPS) is 27.5. The average molecular weight is 319 g/mol. The molecule has 0 unspecified atom stereocenters. The second-order valence-electron chi connectivity index (χ2n) is 6.36. The molecular weight excluding hydrogens is 300 g/mol. The first kappa shape index (κ1) is 15.3. The lowest BCUT2D eigenvalue weighted by Gasteiger charge is -2.41. The van der Waals surface area contributed by atoms with Crippen molar-refractivity contribution in [2.45, 2.75) is 38.7 Å². The fourth-order valence-electron chi connectivity index (χ4n) is 3.71. The number of nitrogens with zero attached hydrogens (tertiary/aromatic N) is 1. The van der Waals surface area contributed by atoms with Crippen molar-refractivity contribution in [1.29, 1.82) is 0 Å². The number of aryl methyl sites for hydroxylation is 1. The Morgan fingerprint density at radius 3 is 2.64 bits per heavy atom. The summed E-state index contributed by atoms with van der Waals surface area (Å²) >= 11 is 5.98. The molecule has 0 saturated heterocycles. The molecule has 0 radical (unpaired) electrons. The number of rotatable bonds is 2. The maximum absolute atomic E-state index is 12.3. The van der Waals surface area contributed by atoms with Gasteiger partial charge in [-0.3, -0.25) is 9.89 Å². The number of hydrogen-bond acceptors (Lipinski definition) is 3. The van der Waals surface area contributed by atoms with E-state index in [0.29, 0.717) is 11.4 Å². The van der Waals surface area contributed by atoms with Crippen LogP contribution in [0.5, 0.6) is 0 Å². The average Bonchev–Trinajstić information content (AvgIpc) is 2.77. The van der Waals surface area contributed by atoms with Crippen LogP contribution in [0.15, 0.2) is 24.3 Å². The van der Waals surface area contributed by atoms with E-state index in [9.17, 15) is 9.90 Å². The van der Waals surface area contributed by atoms with Crippen LogP contribution < -0.4 is 0 Å². The minimum atomic E-state index is -1.12. The fraction of sp³-hybridized carbons (Fsp3) is 0.412. The van der Waals surface area contributed by atoms with Gasteiger partial charge >= 0.3 is 0 Å². The van der Waals surface area contributed by atoms with E-state index in [0.717, 1.165) is 22.5 Å². The summed E-state index contributed by atoms with van der Waals surface area (Å²) in [4.78, 5) is 12.3. The van der Waals surface area contributed by atoms with Crippen LogP contribution in [0, 0.1) is 12.8 Å². The summed E-state index contributed by atoms with van der Waals surface area (Å²) in [5, 5.41) is 18.8. The number of H-pyrrole nitrogens is 1. The number of carbonyl (C=O) groups is 1. The van der Waals surface area contributed by atoms with Gasteiger partial charge in [0.05, 0.1) is 17.2 Å². The van der Waals surface area contributed by atoms with Gasteiger partial charge in [-0.05, 0) is 38.5 Å². The van der Waals surface area contributed by atoms with E-state index < -0.39 is 11.5 Å². The highest BCUT2D eigenvalue weighted by Gasteiger charge is 2.48. The van der Waals surface area contributed by atoms with Gasteiger partial charge in [-0.1, -0.05) is 23.7 Å². The van der Waals surface area contributed by atoms with Crippen LogP contribution in [0.25, 0.3) is 0 Å². The number of halogens is 1. The third-order valence-corrected chi connectivity index (χ3v) is 4.83. The van der Waals surface area contributed by atoms with Crippen molar-refractivity contribution in [3.8, 4) is 0 Å². The summed E-state index contributed by atoms with van der Waals surface area (Å²) < 4.78 is 0. The lowest BCUT2D eigenvalue weighted by atomic mass is 9.64. The molecule has 1 aromatic carbocycles. The standard InChI is InChI=1S/C17H19ClN2O2/c1-9-14-13(20-19-9)8-17(3,22)16(10(2)21)15(14)11-4-6-12(18)7-5-11/h4-7,15-16,22H,8H2,1-3H3,(H,19,20)/t15-,16+,17+/m1/s1. The van der Waals surface area contributed by atoms with Crippen molar-refractivity contribution >= 4 is 17.4 Å². The van der Waals surface area contributed by atoms with Gasteiger partial charge in [0.15, 0.2) is 0 Å². The van der Waals surface area contributed by atoms with Gasteiger partial charge in [-0.2, -0.15) is 5.10 Å². The van der Waals surface area contributed by atoms with E-state index in [1.165, 1.54) is 0 Å². The van der Waals surface area contributed by atoms with Gasteiger partial charge in [-0.25, -0.2) is 0 Å². The molecule has 116 valence electrons. The van der Waals surface area contributed by atoms with E-state index in [1.54, 1.807) is 13.8 Å². The predicted molar refractivity (Wildman–Crippen MR) is 85.1 cm³/mol. The third kappa shape index (κ3) is 2.36. The van der Waals surface area contributed by atoms with E-state index in [2.05, 4.69) is 10.2 Å². The second-order valence-corrected chi connectivity index (χ2v) is 6.80. The molecule has 5 heteroatoms. The van der Waals surface area contributed by atoms with Crippen molar-refractivity contribution in [2.75, 3.05) is 0 Å². The molecule has 22 heavy (non-hydrogen) atoms. The molecule has 1 heterocycles. The zero-order valence-electron chi connectivity index (χ0n) is 12.9. The first-order chi connectivity index (χ1) is 10.3. The number of Topliss-reactive ketones (excluding diaryl/α,β-unsaturated/α-hetero) is 1. The molecule has 3 atom stereocenters. The summed E-state index contributed by atoms with van der Waals surface area (Å²) in [7, 11) is 0. The third-order valence-electron chi connectivity index (χ3n) is 4.58. The number of aliphatic hydroxyl groups is 1. The maximum Gasteiger partial charge on any atom is 0.136 e. The first-order valence-electron chi connectivity index (χ1n) is 7.33. The predicted octanol–water partition coefficient (Wildman–Crippen LogP) is 3.02. The van der Waals surface area contributed by atoms with Crippen molar-refractivity contribution in [1.82, 2.24) is 10.2 Å². The Balaban J connectivity index is 2.23. The molecule has 0 aliphatic heterocycles. The van der Waals surface area contributed by atoms with Crippen LogP contribution in [0.3, 0.4) is 0 Å². The quantitative estimate of drug-likeness (QED) is 0.894. The highest BCUT2D eigenvalue weighted by molar-refractivity contribution is 6.30. The molecule has 0 spiro atoms. The summed E-state index contributed by atoms with van der Waals surface area (Å²) in [5.74, 6) is -0.735. The van der Waals surface area contributed by atoms with Crippen LogP contribution in [0.4, 0.5) is 0 Å². The Hall–Kier alpha value is -1.65. The Morgan fingerprint density at radius 2 is 2.05 bits per heavy atom. The number of ketones is 1. The number of aromatic nitrogens is 2. The Labute approximate surface area is 134 Å². The Bertz CT molecular complexity index is 719. The van der Waals surface area contributed by atoms with Crippen LogP contribution in [0.2, 0.25) is 5.02 Å². The second kappa shape index (κ2) is 5.21. The minimum Gasteiger partial charge on any atom is -0.389 e. The van der Waals surface area contributed by atoms with Gasteiger partial charge in [0, 0.05) is 28.6 Å². The van der Waals surface area contributed by atoms with Gasteiger partial charge in [0.1, 0.15) is 5.78 Å². The largest absolute Gasteiger partial charge is 0.389 e. The van der Waals surface area contributed by atoms with Crippen LogP contribution in [-0.4, -0.2) is 26.7 Å². The molecule has 1 aromatic heterocycles. The highest BCUT2D eigenvalue weighted by Crippen LogP contribution is 2.46. The number of nitrogens with one attached hydrogen (secondary N) is 1. The molecule has 0 saturated carbocycles. The minimum absolute atomic E-state index is 0.0174. The monoisotopic (exact) mass is 318 g/mol. The molecule has 4 nitrogen and oxygen atoms in total. The molecule has 1 aliphatic rings. The molecule has 0 bridgehead atoms. The maximum atomic E-state index is 12.3. The molecule has 2 aromatic rings. The molecule has 1 aliphatic carbocycles. The number of hydrogen-bond donors (Lipinski definition) is 2. The van der Waals surface area contributed by atoms with E-state index in [-0.39, 0.29) is 11.7 Å². The van der Waals surface area contributed by atoms with E-state index in [4.69, 9.17) is 11.6 Å². The SMILES string of the molecule is CC(=O)[C@H]1[C@H](c2ccc(Cl)cc2)c2c(n[nH]c2C)C[C@]1(C)O. The number of carbonyl (C=O) groups excluding carboxylic acids is 1. The van der Waals surface area contributed by atoms with Crippen molar-refractivity contribution in [3.63, 3.8) is 0 Å². The van der Waals surface area contributed by atoms with Gasteiger partial charge in [0.2, 0.25) is 0 Å². The zero-order valence-corrected chi connectivity index (χ0v) is 13.6. The van der Waals surface area contributed by atoms with E-state index >= 15 is 0 Å². The summed E-state index contributed by atoms with van der Waals surface area (Å²) in [6.45, 7) is 5.21. The van der Waals surface area contributed by atoms with Gasteiger partial charge in [0.25, 0.3) is 0 Å². The zero-order chi connectivity index (χ0) is 16.1. The summed E-state index contributed by atoms with van der Waals surface area (Å²) in [6, 6.07) is 7.46. The van der Waals surface area contributed by atoms with Crippen molar-refractivity contribution < 1.29 is 9.90 Å². The van der Waals surface area contributed by atoms with Crippen molar-refractivity contribution in [3.05, 3.63) is 51.8 Å². The summed E-state index contributed by atoms with van der Waals surface area (Å²) in [6.07, 6.45) is 0.376. The highest BCUT2D eigenvalue weighted by atomic mass is 35.5. The number of fused-ring (bicyclic) bond motifs is 1.